The third-order valence-corrected chi connectivity index (χ3v) is 7.54. The van der Waals surface area contributed by atoms with Crippen LogP contribution in [-0.4, -0.2) is 38.8 Å². The van der Waals surface area contributed by atoms with Crippen molar-refractivity contribution in [3.63, 3.8) is 0 Å². The van der Waals surface area contributed by atoms with Crippen LogP contribution in [-0.2, 0) is 14.8 Å². The highest BCUT2D eigenvalue weighted by Gasteiger charge is 2.32. The first-order valence-electron chi connectivity index (χ1n) is 10.7. The molecule has 0 aliphatic carbocycles. The number of carbonyl (C=O) groups is 1. The van der Waals surface area contributed by atoms with Crippen molar-refractivity contribution in [3.8, 4) is 17.2 Å². The molecule has 1 N–H and O–H groups in total. The Kier molecular flexibility index (Phi) is 6.96. The first kappa shape index (κ1) is 22.8. The van der Waals surface area contributed by atoms with Gasteiger partial charge in [0.25, 0.3) is 0 Å². The molecule has 1 fully saturated rings. The molecule has 1 heterocycles. The fraction of sp³-hybridized carbons (Fsp3) is 0.240. The molecule has 1 amide bonds. The zero-order chi connectivity index (χ0) is 23.3. The van der Waals surface area contributed by atoms with Crippen molar-refractivity contribution in [1.82, 2.24) is 4.31 Å². The van der Waals surface area contributed by atoms with Gasteiger partial charge in [0.1, 0.15) is 17.2 Å². The number of benzene rings is 3. The van der Waals surface area contributed by atoms with Gasteiger partial charge < -0.3 is 14.8 Å². The second-order valence-electron chi connectivity index (χ2n) is 7.78. The van der Waals surface area contributed by atoms with Crippen molar-refractivity contribution >= 4 is 21.6 Å². The number of hydrogen-bond donors (Lipinski definition) is 1. The van der Waals surface area contributed by atoms with Gasteiger partial charge in [-0.3, -0.25) is 4.79 Å². The van der Waals surface area contributed by atoms with Crippen LogP contribution in [0.3, 0.4) is 0 Å². The maximum Gasteiger partial charge on any atom is 0.243 e. The van der Waals surface area contributed by atoms with Crippen LogP contribution >= 0.6 is 0 Å². The molecule has 3 aromatic carbocycles. The molecule has 0 spiro atoms. The van der Waals surface area contributed by atoms with E-state index in [0.29, 0.717) is 43.1 Å². The third-order valence-electron chi connectivity index (χ3n) is 5.62. The molecular formula is C25H26N2O5S. The Bertz CT molecular complexity index is 1170. The van der Waals surface area contributed by atoms with Gasteiger partial charge in [-0.1, -0.05) is 18.2 Å². The van der Waals surface area contributed by atoms with Crippen LogP contribution < -0.4 is 14.8 Å². The van der Waals surface area contributed by atoms with E-state index in [-0.39, 0.29) is 16.7 Å². The van der Waals surface area contributed by atoms with Crippen molar-refractivity contribution in [2.75, 3.05) is 25.5 Å². The van der Waals surface area contributed by atoms with E-state index in [4.69, 9.17) is 9.47 Å². The number of piperidine rings is 1. The summed E-state index contributed by atoms with van der Waals surface area (Å²) in [6, 6.07) is 23.0. The number of anilines is 1. The highest BCUT2D eigenvalue weighted by atomic mass is 32.2. The van der Waals surface area contributed by atoms with Crippen molar-refractivity contribution in [1.29, 1.82) is 0 Å². The molecule has 3 aromatic rings. The molecule has 0 unspecified atom stereocenters. The molecule has 0 radical (unpaired) electrons. The lowest BCUT2D eigenvalue weighted by Crippen LogP contribution is -2.41. The fourth-order valence-corrected chi connectivity index (χ4v) is 5.20. The molecule has 0 atom stereocenters. The molecule has 0 aromatic heterocycles. The molecule has 0 bridgehead atoms. The SMILES string of the molecule is COc1ccc(S(=O)(=O)N2CCC(C(=O)Nc3ccc(Oc4ccccc4)cc3)CC2)cc1. The molecule has 172 valence electrons. The van der Waals surface area contributed by atoms with Gasteiger partial charge in [0.15, 0.2) is 0 Å². The Hall–Kier alpha value is -3.36. The molecule has 8 heteroatoms. The Morgan fingerprint density at radius 1 is 0.848 bits per heavy atom. The van der Waals surface area contributed by atoms with Crippen LogP contribution in [0.15, 0.2) is 83.8 Å². The summed E-state index contributed by atoms with van der Waals surface area (Å²) in [5, 5.41) is 2.92. The highest BCUT2D eigenvalue weighted by Crippen LogP contribution is 2.27. The lowest BCUT2D eigenvalue weighted by molar-refractivity contribution is -0.120. The first-order chi connectivity index (χ1) is 16.0. The van der Waals surface area contributed by atoms with Gasteiger partial charge in [-0.05, 0) is 73.5 Å². The van der Waals surface area contributed by atoms with Gasteiger partial charge in [-0.2, -0.15) is 4.31 Å². The summed E-state index contributed by atoms with van der Waals surface area (Å²) in [7, 11) is -2.06. The Labute approximate surface area is 194 Å². The van der Waals surface area contributed by atoms with Crippen LogP contribution in [0.2, 0.25) is 0 Å². The monoisotopic (exact) mass is 466 g/mol. The molecular weight excluding hydrogens is 440 g/mol. The quantitative estimate of drug-likeness (QED) is 0.553. The van der Waals surface area contributed by atoms with E-state index >= 15 is 0 Å². The number of nitrogens with zero attached hydrogens (tertiary/aromatic N) is 1. The van der Waals surface area contributed by atoms with Crippen molar-refractivity contribution in [2.45, 2.75) is 17.7 Å². The third kappa shape index (κ3) is 5.53. The van der Waals surface area contributed by atoms with E-state index < -0.39 is 10.0 Å². The average Bonchev–Trinajstić information content (AvgIpc) is 2.86. The number of sulfonamides is 1. The maximum absolute atomic E-state index is 12.9. The lowest BCUT2D eigenvalue weighted by atomic mass is 9.97. The summed E-state index contributed by atoms with van der Waals surface area (Å²) in [5.41, 5.74) is 0.675. The maximum atomic E-state index is 12.9. The predicted octanol–water partition coefficient (Wildman–Crippen LogP) is 4.53. The number of amides is 1. The Balaban J connectivity index is 1.31. The van der Waals surface area contributed by atoms with E-state index in [1.165, 1.54) is 23.5 Å². The molecule has 1 aliphatic heterocycles. The molecule has 0 saturated carbocycles. The van der Waals surface area contributed by atoms with Crippen LogP contribution in [0.1, 0.15) is 12.8 Å². The molecule has 1 saturated heterocycles. The second-order valence-corrected chi connectivity index (χ2v) is 9.72. The summed E-state index contributed by atoms with van der Waals surface area (Å²) < 4.78 is 38.1. The summed E-state index contributed by atoms with van der Waals surface area (Å²) in [5.74, 6) is 1.67. The highest BCUT2D eigenvalue weighted by molar-refractivity contribution is 7.89. The minimum atomic E-state index is -3.59. The number of hydrogen-bond acceptors (Lipinski definition) is 5. The number of para-hydroxylation sites is 1. The van der Waals surface area contributed by atoms with Gasteiger partial charge >= 0.3 is 0 Å². The fourth-order valence-electron chi connectivity index (χ4n) is 3.73. The van der Waals surface area contributed by atoms with Gasteiger partial charge in [-0.15, -0.1) is 0 Å². The zero-order valence-electron chi connectivity index (χ0n) is 18.3. The number of methoxy groups -OCH3 is 1. The van der Waals surface area contributed by atoms with Gasteiger partial charge in [0.05, 0.1) is 12.0 Å². The van der Waals surface area contributed by atoms with Crippen LogP contribution in [0, 0.1) is 5.92 Å². The topological polar surface area (TPSA) is 84.9 Å². The van der Waals surface area contributed by atoms with E-state index in [1.54, 1.807) is 36.4 Å². The number of ether oxygens (including phenoxy) is 2. The van der Waals surface area contributed by atoms with Crippen molar-refractivity contribution in [2.24, 2.45) is 5.92 Å². The number of rotatable bonds is 7. The summed E-state index contributed by atoms with van der Waals surface area (Å²) in [6.45, 7) is 0.604. The Morgan fingerprint density at radius 3 is 2.03 bits per heavy atom. The smallest absolute Gasteiger partial charge is 0.243 e. The van der Waals surface area contributed by atoms with Crippen molar-refractivity contribution in [3.05, 3.63) is 78.9 Å². The van der Waals surface area contributed by atoms with Crippen LogP contribution in [0.25, 0.3) is 0 Å². The van der Waals surface area contributed by atoms with Crippen molar-refractivity contribution < 1.29 is 22.7 Å². The van der Waals surface area contributed by atoms with Gasteiger partial charge in [0.2, 0.25) is 15.9 Å². The van der Waals surface area contributed by atoms with Gasteiger partial charge in [0, 0.05) is 24.7 Å². The van der Waals surface area contributed by atoms with E-state index in [1.807, 2.05) is 30.3 Å². The predicted molar refractivity (Wildman–Crippen MR) is 126 cm³/mol. The van der Waals surface area contributed by atoms with Crippen LogP contribution in [0.5, 0.6) is 17.2 Å². The molecule has 33 heavy (non-hydrogen) atoms. The summed E-state index contributed by atoms with van der Waals surface area (Å²) in [6.07, 6.45) is 0.937. The molecule has 1 aliphatic rings. The number of carbonyl (C=O) groups excluding carboxylic acids is 1. The average molecular weight is 467 g/mol. The zero-order valence-corrected chi connectivity index (χ0v) is 19.1. The summed E-state index contributed by atoms with van der Waals surface area (Å²) >= 11 is 0. The number of nitrogens with one attached hydrogen (secondary N) is 1. The van der Waals surface area contributed by atoms with Crippen LogP contribution in [0.4, 0.5) is 5.69 Å². The van der Waals surface area contributed by atoms with Gasteiger partial charge in [-0.25, -0.2) is 8.42 Å². The Morgan fingerprint density at radius 2 is 1.42 bits per heavy atom. The van der Waals surface area contributed by atoms with E-state index in [9.17, 15) is 13.2 Å². The van der Waals surface area contributed by atoms with E-state index in [0.717, 1.165) is 5.75 Å². The molecule has 4 rings (SSSR count). The first-order valence-corrected chi connectivity index (χ1v) is 12.2. The second kappa shape index (κ2) is 10.1. The van der Waals surface area contributed by atoms with E-state index in [2.05, 4.69) is 5.32 Å². The summed E-state index contributed by atoms with van der Waals surface area (Å²) in [4.78, 5) is 12.9. The minimum Gasteiger partial charge on any atom is -0.497 e. The standard InChI is InChI=1S/C25H26N2O5S/c1-31-21-11-13-24(14-12-21)33(29,30)27-17-15-19(16-18-27)25(28)26-20-7-9-23(10-8-20)32-22-5-3-2-4-6-22/h2-14,19H,15-18H2,1H3,(H,26,28). The normalized spacial score (nSPS) is 15.1. The molecule has 7 nitrogen and oxygen atoms in total. The minimum absolute atomic E-state index is 0.103. The lowest BCUT2D eigenvalue weighted by Gasteiger charge is -2.30. The largest absolute Gasteiger partial charge is 0.497 e.